The molecule has 0 aliphatic rings. The van der Waals surface area contributed by atoms with E-state index in [1.165, 1.54) is 6.07 Å². The van der Waals surface area contributed by atoms with Crippen LogP contribution in [0.1, 0.15) is 30.1 Å². The minimum Gasteiger partial charge on any atom is -0.497 e. The molecule has 172 valence electrons. The van der Waals surface area contributed by atoms with Gasteiger partial charge in [0.25, 0.3) is 0 Å². The molecule has 9 nitrogen and oxygen atoms in total. The second-order valence-corrected chi connectivity index (χ2v) is 7.97. The number of hydrogen-bond acceptors (Lipinski definition) is 7. The van der Waals surface area contributed by atoms with Crippen LogP contribution in [-0.2, 0) is 11.2 Å². The van der Waals surface area contributed by atoms with Crippen molar-refractivity contribution >= 4 is 22.7 Å². The largest absolute Gasteiger partial charge is 0.497 e. The van der Waals surface area contributed by atoms with Gasteiger partial charge in [-0.15, -0.1) is 10.2 Å². The summed E-state index contributed by atoms with van der Waals surface area (Å²) in [4.78, 5) is 25.6. The number of rotatable bonds is 6. The van der Waals surface area contributed by atoms with Gasteiger partial charge in [0.15, 0.2) is 17.1 Å². The van der Waals surface area contributed by atoms with Crippen LogP contribution >= 0.6 is 0 Å². The quantitative estimate of drug-likeness (QED) is 0.411. The molecule has 5 rings (SSSR count). The lowest BCUT2D eigenvalue weighted by Crippen LogP contribution is -2.29. The molecule has 0 radical (unpaired) electrons. The van der Waals surface area contributed by atoms with E-state index >= 15 is 0 Å². The van der Waals surface area contributed by atoms with Gasteiger partial charge in [0.1, 0.15) is 17.3 Å². The van der Waals surface area contributed by atoms with Crippen LogP contribution in [-0.4, -0.2) is 27.6 Å². The van der Waals surface area contributed by atoms with E-state index in [9.17, 15) is 9.59 Å². The molecule has 0 saturated heterocycles. The number of aromatic nitrogens is 3. The van der Waals surface area contributed by atoms with Crippen LogP contribution in [0.2, 0.25) is 0 Å². The fourth-order valence-corrected chi connectivity index (χ4v) is 3.97. The first-order valence-corrected chi connectivity index (χ1v) is 10.7. The minimum absolute atomic E-state index is 0.0537. The molecule has 0 aliphatic heterocycles. The van der Waals surface area contributed by atoms with Gasteiger partial charge < -0.3 is 18.9 Å². The van der Waals surface area contributed by atoms with Gasteiger partial charge >= 0.3 is 0 Å². The van der Waals surface area contributed by atoms with Gasteiger partial charge in [-0.25, -0.2) is 0 Å². The molecule has 1 N–H and O–H groups in total. The zero-order valence-electron chi connectivity index (χ0n) is 18.9. The van der Waals surface area contributed by atoms with Crippen molar-refractivity contribution in [1.29, 1.82) is 0 Å². The van der Waals surface area contributed by atoms with Crippen molar-refractivity contribution in [2.45, 2.75) is 26.3 Å². The average Bonchev–Trinajstić information content (AvgIpc) is 3.41. The number of hydrogen-bond donors (Lipinski definition) is 1. The lowest BCUT2D eigenvalue weighted by molar-refractivity contribution is -0.121. The van der Waals surface area contributed by atoms with Gasteiger partial charge in [0.05, 0.1) is 25.1 Å². The number of benzene rings is 1. The van der Waals surface area contributed by atoms with Crippen molar-refractivity contribution < 1.29 is 18.4 Å². The number of fused-ring (bicyclic) bond motifs is 2. The molecule has 0 fully saturated rings. The molecule has 1 unspecified atom stereocenters. The lowest BCUT2D eigenvalue weighted by atomic mass is 10.0. The van der Waals surface area contributed by atoms with E-state index in [0.29, 0.717) is 39.9 Å². The molecule has 1 amide bonds. The molecule has 4 aromatic heterocycles. The van der Waals surface area contributed by atoms with Gasteiger partial charge in [-0.1, -0.05) is 6.07 Å². The Kier molecular flexibility index (Phi) is 5.37. The summed E-state index contributed by atoms with van der Waals surface area (Å²) < 4.78 is 18.8. The van der Waals surface area contributed by atoms with Crippen molar-refractivity contribution in [3.05, 3.63) is 82.1 Å². The topological polar surface area (TPSA) is 112 Å². The highest BCUT2D eigenvalue weighted by atomic mass is 16.5. The molecule has 0 saturated carbocycles. The predicted molar refractivity (Wildman–Crippen MR) is 125 cm³/mol. The summed E-state index contributed by atoms with van der Waals surface area (Å²) in [5.74, 6) is 1.85. The third-order valence-corrected chi connectivity index (χ3v) is 5.57. The summed E-state index contributed by atoms with van der Waals surface area (Å²) in [6.07, 6.45) is 1.79. The lowest BCUT2D eigenvalue weighted by Gasteiger charge is -2.12. The highest BCUT2D eigenvalue weighted by Crippen LogP contribution is 2.34. The van der Waals surface area contributed by atoms with E-state index in [0.717, 1.165) is 0 Å². The van der Waals surface area contributed by atoms with Crippen molar-refractivity contribution in [3.8, 4) is 17.1 Å². The number of ether oxygens (including phenoxy) is 1. The Hall–Kier alpha value is -4.40. The molecule has 1 atom stereocenters. The first-order valence-electron chi connectivity index (χ1n) is 10.7. The highest BCUT2D eigenvalue weighted by molar-refractivity contribution is 5.90. The van der Waals surface area contributed by atoms with Crippen molar-refractivity contribution in [3.63, 3.8) is 0 Å². The summed E-state index contributed by atoms with van der Waals surface area (Å²) in [5, 5.41) is 11.3. The fourth-order valence-electron chi connectivity index (χ4n) is 3.97. The predicted octanol–water partition coefficient (Wildman–Crippen LogP) is 3.83. The van der Waals surface area contributed by atoms with Crippen LogP contribution in [0.4, 0.5) is 0 Å². The van der Waals surface area contributed by atoms with E-state index in [-0.39, 0.29) is 28.9 Å². The Morgan fingerprint density at radius 1 is 1.12 bits per heavy atom. The zero-order valence-corrected chi connectivity index (χ0v) is 18.9. The highest BCUT2D eigenvalue weighted by Gasteiger charge is 2.24. The summed E-state index contributed by atoms with van der Waals surface area (Å²) >= 11 is 0. The number of pyridine rings is 1. The SMILES string of the molecule is COc1ccc(-c2oc3c(=O)cc(C)oc3c2CC(=O)NC(C)c2nnc3ccccn23)cc1. The Balaban J connectivity index is 1.50. The number of aryl methyl sites for hydroxylation is 1. The third kappa shape index (κ3) is 3.81. The number of nitrogens with zero attached hydrogens (tertiary/aromatic N) is 3. The van der Waals surface area contributed by atoms with E-state index < -0.39 is 6.04 Å². The van der Waals surface area contributed by atoms with Crippen LogP contribution in [0.15, 0.2) is 68.4 Å². The summed E-state index contributed by atoms with van der Waals surface area (Å²) in [5.41, 5.74) is 1.93. The van der Waals surface area contributed by atoms with Crippen LogP contribution in [0.5, 0.6) is 5.75 Å². The van der Waals surface area contributed by atoms with E-state index in [1.807, 2.05) is 35.7 Å². The van der Waals surface area contributed by atoms with Gasteiger partial charge in [-0.05, 0) is 50.2 Å². The molecule has 9 heteroatoms. The standard InChI is InChI=1S/C25H22N4O5/c1-14-12-19(30)24-23(33-14)18(22(34-24)16-7-9-17(32-3)10-8-16)13-21(31)26-15(2)25-28-27-20-6-4-5-11-29(20)25/h4-12,15H,13H2,1-3H3,(H,26,31). The van der Waals surface area contributed by atoms with Gasteiger partial charge in [-0.2, -0.15) is 0 Å². The van der Waals surface area contributed by atoms with Crippen LogP contribution in [0, 0.1) is 6.92 Å². The smallest absolute Gasteiger partial charge is 0.228 e. The van der Waals surface area contributed by atoms with Gasteiger partial charge in [0.2, 0.25) is 16.9 Å². The van der Waals surface area contributed by atoms with Gasteiger partial charge in [0, 0.05) is 17.8 Å². The van der Waals surface area contributed by atoms with Crippen molar-refractivity contribution in [1.82, 2.24) is 19.9 Å². The summed E-state index contributed by atoms with van der Waals surface area (Å²) in [7, 11) is 1.58. The second kappa shape index (κ2) is 8.51. The second-order valence-electron chi connectivity index (χ2n) is 7.97. The maximum Gasteiger partial charge on any atom is 0.228 e. The number of furan rings is 1. The number of methoxy groups -OCH3 is 1. The normalized spacial score (nSPS) is 12.2. The van der Waals surface area contributed by atoms with E-state index in [2.05, 4.69) is 15.5 Å². The number of carbonyl (C=O) groups excluding carboxylic acids is 1. The van der Waals surface area contributed by atoms with Crippen LogP contribution < -0.4 is 15.5 Å². The van der Waals surface area contributed by atoms with Crippen molar-refractivity contribution in [2.75, 3.05) is 7.11 Å². The Morgan fingerprint density at radius 2 is 1.91 bits per heavy atom. The Bertz CT molecular complexity index is 1560. The minimum atomic E-state index is -0.402. The molecule has 0 bridgehead atoms. The molecule has 0 spiro atoms. The molecular formula is C25H22N4O5. The molecule has 4 heterocycles. The number of amides is 1. The molecule has 0 aliphatic carbocycles. The molecule has 1 aromatic carbocycles. The van der Waals surface area contributed by atoms with Crippen LogP contribution in [0.25, 0.3) is 28.1 Å². The zero-order chi connectivity index (χ0) is 23.8. The van der Waals surface area contributed by atoms with E-state index in [1.54, 1.807) is 38.3 Å². The number of carbonyl (C=O) groups is 1. The van der Waals surface area contributed by atoms with E-state index in [4.69, 9.17) is 13.6 Å². The first-order chi connectivity index (χ1) is 16.4. The Morgan fingerprint density at radius 3 is 2.68 bits per heavy atom. The fraction of sp³-hybridized carbons (Fsp3) is 0.200. The Labute approximate surface area is 194 Å². The van der Waals surface area contributed by atoms with Crippen LogP contribution in [0.3, 0.4) is 0 Å². The molecule has 34 heavy (non-hydrogen) atoms. The van der Waals surface area contributed by atoms with Gasteiger partial charge in [-0.3, -0.25) is 14.0 Å². The average molecular weight is 458 g/mol. The summed E-state index contributed by atoms with van der Waals surface area (Å²) in [6, 6.07) is 13.7. The molecular weight excluding hydrogens is 436 g/mol. The third-order valence-electron chi connectivity index (χ3n) is 5.57. The summed E-state index contributed by atoms with van der Waals surface area (Å²) in [6.45, 7) is 3.52. The first kappa shape index (κ1) is 21.4. The maximum atomic E-state index is 13.1. The monoisotopic (exact) mass is 458 g/mol. The maximum absolute atomic E-state index is 13.1. The van der Waals surface area contributed by atoms with Crippen molar-refractivity contribution in [2.24, 2.45) is 0 Å². The molecule has 5 aromatic rings. The number of nitrogens with one attached hydrogen (secondary N) is 1.